The number of guanidine groups is 1. The first-order valence-corrected chi connectivity index (χ1v) is 9.75. The molecule has 2 aromatic rings. The first-order chi connectivity index (χ1) is 13.8. The van der Waals surface area contributed by atoms with Crippen LogP contribution in [-0.4, -0.2) is 67.1 Å². The summed E-state index contributed by atoms with van der Waals surface area (Å²) >= 11 is 0. The third-order valence-corrected chi connectivity index (χ3v) is 4.82. The molecule has 0 saturated carbocycles. The van der Waals surface area contributed by atoms with Crippen molar-refractivity contribution >= 4 is 5.96 Å². The van der Waals surface area contributed by atoms with Gasteiger partial charge >= 0.3 is 0 Å². The van der Waals surface area contributed by atoms with Gasteiger partial charge in [0.25, 0.3) is 0 Å². The average Bonchev–Trinajstić information content (AvgIpc) is 3.24. The molecule has 7 nitrogen and oxygen atoms in total. The molecule has 0 amide bonds. The van der Waals surface area contributed by atoms with E-state index < -0.39 is 0 Å². The van der Waals surface area contributed by atoms with Crippen molar-refractivity contribution in [3.63, 3.8) is 0 Å². The summed E-state index contributed by atoms with van der Waals surface area (Å²) in [7, 11) is 1.76. The minimum absolute atomic E-state index is 0.0576. The number of morpholine rings is 1. The Kier molecular flexibility index (Phi) is 7.81. The Labute approximate surface area is 165 Å². The second-order valence-electron chi connectivity index (χ2n) is 6.72. The summed E-state index contributed by atoms with van der Waals surface area (Å²) < 4.78 is 21.2. The molecule has 1 unspecified atom stereocenters. The third-order valence-electron chi connectivity index (χ3n) is 4.82. The van der Waals surface area contributed by atoms with Gasteiger partial charge in [-0.1, -0.05) is 12.1 Å². The van der Waals surface area contributed by atoms with Crippen molar-refractivity contribution in [3.05, 3.63) is 54.1 Å². The van der Waals surface area contributed by atoms with Gasteiger partial charge in [0.2, 0.25) is 0 Å². The van der Waals surface area contributed by atoms with Gasteiger partial charge in [-0.15, -0.1) is 0 Å². The lowest BCUT2D eigenvalue weighted by atomic mass is 10.0. The number of nitrogens with zero attached hydrogens (tertiary/aromatic N) is 4. The molecule has 152 valence electrons. The molecule has 28 heavy (non-hydrogen) atoms. The average molecular weight is 388 g/mol. The van der Waals surface area contributed by atoms with Gasteiger partial charge in [-0.2, -0.15) is 5.10 Å². The Bertz CT molecular complexity index is 730. The number of nitrogens with one attached hydrogen (secondary N) is 2. The molecule has 0 radical (unpaired) electrons. The van der Waals surface area contributed by atoms with Gasteiger partial charge in [0, 0.05) is 52.2 Å². The van der Waals surface area contributed by atoms with Crippen molar-refractivity contribution in [2.75, 3.05) is 46.4 Å². The van der Waals surface area contributed by atoms with Crippen molar-refractivity contribution < 1.29 is 9.13 Å². The zero-order valence-electron chi connectivity index (χ0n) is 16.4. The van der Waals surface area contributed by atoms with Crippen LogP contribution in [0.5, 0.6) is 0 Å². The van der Waals surface area contributed by atoms with Gasteiger partial charge < -0.3 is 15.4 Å². The van der Waals surface area contributed by atoms with Crippen LogP contribution >= 0.6 is 0 Å². The highest BCUT2D eigenvalue weighted by Gasteiger charge is 2.23. The molecule has 1 aliphatic heterocycles. The zero-order valence-corrected chi connectivity index (χ0v) is 16.4. The first kappa shape index (κ1) is 20.3. The van der Waals surface area contributed by atoms with E-state index in [1.165, 1.54) is 6.07 Å². The van der Waals surface area contributed by atoms with Crippen LogP contribution in [0.4, 0.5) is 4.39 Å². The Balaban J connectivity index is 1.53. The predicted octanol–water partition coefficient (Wildman–Crippen LogP) is 1.65. The fourth-order valence-corrected chi connectivity index (χ4v) is 3.36. The highest BCUT2D eigenvalue weighted by Crippen LogP contribution is 2.22. The van der Waals surface area contributed by atoms with Crippen LogP contribution in [-0.2, 0) is 11.3 Å². The van der Waals surface area contributed by atoms with Gasteiger partial charge in [0.05, 0.1) is 19.3 Å². The molecule has 1 aromatic heterocycles. The van der Waals surface area contributed by atoms with Crippen molar-refractivity contribution in [3.8, 4) is 0 Å². The maximum absolute atomic E-state index is 13.8. The fourth-order valence-electron chi connectivity index (χ4n) is 3.36. The van der Waals surface area contributed by atoms with Crippen LogP contribution in [0.1, 0.15) is 18.0 Å². The second-order valence-corrected chi connectivity index (χ2v) is 6.72. The Morgan fingerprint density at radius 3 is 2.86 bits per heavy atom. The third kappa shape index (κ3) is 6.03. The summed E-state index contributed by atoms with van der Waals surface area (Å²) in [5.74, 6) is 0.534. The number of aliphatic imine (C=N–C) groups is 1. The Morgan fingerprint density at radius 1 is 1.29 bits per heavy atom. The lowest BCUT2D eigenvalue weighted by Gasteiger charge is -2.35. The van der Waals surface area contributed by atoms with Crippen LogP contribution in [0.2, 0.25) is 0 Å². The second kappa shape index (κ2) is 10.8. The molecule has 1 aliphatic rings. The van der Waals surface area contributed by atoms with E-state index in [1.54, 1.807) is 25.4 Å². The van der Waals surface area contributed by atoms with Crippen molar-refractivity contribution in [2.45, 2.75) is 19.0 Å². The van der Waals surface area contributed by atoms with E-state index in [1.807, 2.05) is 23.0 Å². The van der Waals surface area contributed by atoms with Crippen molar-refractivity contribution in [1.29, 1.82) is 0 Å². The molecule has 2 heterocycles. The van der Waals surface area contributed by atoms with E-state index in [0.717, 1.165) is 44.1 Å². The maximum atomic E-state index is 13.8. The predicted molar refractivity (Wildman–Crippen MR) is 108 cm³/mol. The molecule has 8 heteroatoms. The number of aryl methyl sites for hydroxylation is 1. The molecule has 1 aromatic carbocycles. The summed E-state index contributed by atoms with van der Waals surface area (Å²) in [6, 6.07) is 8.81. The summed E-state index contributed by atoms with van der Waals surface area (Å²) in [5.41, 5.74) is 0.962. The van der Waals surface area contributed by atoms with E-state index in [9.17, 15) is 4.39 Å². The monoisotopic (exact) mass is 388 g/mol. The van der Waals surface area contributed by atoms with E-state index in [4.69, 9.17) is 4.74 Å². The number of halogens is 1. The van der Waals surface area contributed by atoms with E-state index in [-0.39, 0.29) is 11.9 Å². The zero-order chi connectivity index (χ0) is 19.6. The first-order valence-electron chi connectivity index (χ1n) is 9.75. The minimum Gasteiger partial charge on any atom is -0.379 e. The maximum Gasteiger partial charge on any atom is 0.191 e. The number of ether oxygens (including phenoxy) is 1. The molecule has 3 rings (SSSR count). The van der Waals surface area contributed by atoms with Gasteiger partial charge in [0.1, 0.15) is 5.82 Å². The number of hydrogen-bond donors (Lipinski definition) is 2. The topological polar surface area (TPSA) is 66.7 Å². The van der Waals surface area contributed by atoms with Gasteiger partial charge in [0.15, 0.2) is 5.96 Å². The lowest BCUT2D eigenvalue weighted by Crippen LogP contribution is -2.46. The van der Waals surface area contributed by atoms with Crippen molar-refractivity contribution in [1.82, 2.24) is 25.3 Å². The number of benzene rings is 1. The summed E-state index contributed by atoms with van der Waals surface area (Å²) in [5, 5.41) is 10.9. The Hall–Kier alpha value is -2.45. The van der Waals surface area contributed by atoms with E-state index in [2.05, 4.69) is 25.6 Å². The van der Waals surface area contributed by atoms with Crippen LogP contribution in [0, 0.1) is 5.82 Å². The number of rotatable bonds is 8. The van der Waals surface area contributed by atoms with Gasteiger partial charge in [-0.3, -0.25) is 14.6 Å². The van der Waals surface area contributed by atoms with Crippen LogP contribution in [0.15, 0.2) is 47.7 Å². The molecule has 1 saturated heterocycles. The van der Waals surface area contributed by atoms with Crippen LogP contribution in [0.25, 0.3) is 0 Å². The fraction of sp³-hybridized carbons (Fsp3) is 0.500. The van der Waals surface area contributed by atoms with Gasteiger partial charge in [-0.25, -0.2) is 4.39 Å². The quantitative estimate of drug-likeness (QED) is 0.409. The molecule has 1 atom stereocenters. The van der Waals surface area contributed by atoms with Crippen molar-refractivity contribution in [2.24, 2.45) is 4.99 Å². The summed E-state index contributed by atoms with van der Waals surface area (Å²) in [4.78, 5) is 6.64. The molecule has 0 aliphatic carbocycles. The molecule has 0 spiro atoms. The Morgan fingerprint density at radius 2 is 2.14 bits per heavy atom. The highest BCUT2D eigenvalue weighted by molar-refractivity contribution is 5.79. The number of hydrogen-bond acceptors (Lipinski definition) is 4. The molecular formula is C20H29FN6O. The standard InChI is InChI=1S/C20H29FN6O/c1-22-20(23-7-3-9-27-10-4-8-25-27)24-16-19(26-11-13-28-14-12-26)17-5-2-6-18(21)15-17/h2,4-6,8,10,15,19H,3,7,9,11-14,16H2,1H3,(H2,22,23,24). The molecule has 2 N–H and O–H groups in total. The minimum atomic E-state index is -0.211. The van der Waals surface area contributed by atoms with Crippen LogP contribution in [0.3, 0.4) is 0 Å². The summed E-state index contributed by atoms with van der Waals surface area (Å²) in [6.07, 6.45) is 4.68. The molecule has 1 fully saturated rings. The van der Waals surface area contributed by atoms with E-state index in [0.29, 0.717) is 19.8 Å². The highest BCUT2D eigenvalue weighted by atomic mass is 19.1. The molecule has 0 bridgehead atoms. The summed E-state index contributed by atoms with van der Waals surface area (Å²) in [6.45, 7) is 5.36. The van der Waals surface area contributed by atoms with Crippen LogP contribution < -0.4 is 10.6 Å². The SMILES string of the molecule is CN=C(NCCCn1cccn1)NCC(c1cccc(F)c1)N1CCOCC1. The van der Waals surface area contributed by atoms with E-state index >= 15 is 0 Å². The smallest absolute Gasteiger partial charge is 0.191 e. The normalized spacial score (nSPS) is 16.7. The molecular weight excluding hydrogens is 359 g/mol. The van der Waals surface area contributed by atoms with Gasteiger partial charge in [-0.05, 0) is 30.2 Å². The number of aromatic nitrogens is 2. The lowest BCUT2D eigenvalue weighted by molar-refractivity contribution is 0.0169. The largest absolute Gasteiger partial charge is 0.379 e.